The fourth-order valence-corrected chi connectivity index (χ4v) is 1.27. The molecule has 0 aliphatic rings. The molecular weight excluding hydrogens is 205 g/mol. The first-order valence-electron chi connectivity index (χ1n) is 5.00. The third-order valence-electron chi connectivity index (χ3n) is 1.89. The van der Waals surface area contributed by atoms with E-state index in [0.29, 0.717) is 11.3 Å². The van der Waals surface area contributed by atoms with Gasteiger partial charge in [0.1, 0.15) is 11.4 Å². The first kappa shape index (κ1) is 12.6. The van der Waals surface area contributed by atoms with Crippen LogP contribution in [0.15, 0.2) is 18.2 Å². The summed E-state index contributed by atoms with van der Waals surface area (Å²) in [5, 5.41) is 10.6. The van der Waals surface area contributed by atoms with Crippen molar-refractivity contribution in [1.82, 2.24) is 0 Å². The molecule has 1 rings (SSSR count). The lowest BCUT2D eigenvalue weighted by atomic mass is 9.95. The van der Waals surface area contributed by atoms with Gasteiger partial charge >= 0.3 is 0 Å². The molecule has 4 nitrogen and oxygen atoms in total. The van der Waals surface area contributed by atoms with Crippen molar-refractivity contribution in [1.29, 1.82) is 0 Å². The zero-order valence-corrected chi connectivity index (χ0v) is 9.69. The van der Waals surface area contributed by atoms with E-state index in [-0.39, 0.29) is 17.6 Å². The summed E-state index contributed by atoms with van der Waals surface area (Å²) in [5.41, 5.74) is 0.325. The van der Waals surface area contributed by atoms with Crippen LogP contribution >= 0.6 is 0 Å². The maximum Gasteiger partial charge on any atom is 0.269 e. The normalized spacial score (nSPS) is 11.2. The van der Waals surface area contributed by atoms with E-state index in [9.17, 15) is 10.1 Å². The zero-order valence-electron chi connectivity index (χ0n) is 9.69. The van der Waals surface area contributed by atoms with Crippen molar-refractivity contribution in [3.8, 4) is 5.75 Å². The summed E-state index contributed by atoms with van der Waals surface area (Å²) in [5.74, 6) is 0.598. The summed E-state index contributed by atoms with van der Waals surface area (Å²) in [6, 6.07) is 4.45. The van der Waals surface area contributed by atoms with E-state index in [1.54, 1.807) is 6.07 Å². The van der Waals surface area contributed by atoms with Gasteiger partial charge in [-0.15, -0.1) is 0 Å². The van der Waals surface area contributed by atoms with E-state index in [4.69, 9.17) is 12.6 Å². The second-order valence-corrected chi connectivity index (χ2v) is 4.47. The number of nitrogens with zero attached hydrogens (tertiary/aromatic N) is 1. The van der Waals surface area contributed by atoms with Gasteiger partial charge in [0.05, 0.1) is 12.8 Å². The third kappa shape index (κ3) is 3.26. The first-order valence-corrected chi connectivity index (χ1v) is 5.00. The molecule has 0 heterocycles. The Bertz CT molecular complexity index is 399. The molecule has 0 bridgehead atoms. The van der Waals surface area contributed by atoms with Crippen molar-refractivity contribution >= 4 is 13.5 Å². The van der Waals surface area contributed by atoms with Crippen molar-refractivity contribution in [2.24, 2.45) is 0 Å². The highest BCUT2D eigenvalue weighted by Gasteiger charge is 2.16. The van der Waals surface area contributed by atoms with E-state index in [0.717, 1.165) is 0 Å². The lowest BCUT2D eigenvalue weighted by Crippen LogP contribution is -2.23. The number of nitro groups is 1. The van der Waals surface area contributed by atoms with Crippen LogP contribution in [-0.2, 0) is 6.32 Å². The molecular formula is C11H14BNO3. The molecule has 0 N–H and O–H groups in total. The monoisotopic (exact) mass is 219 g/mol. The molecule has 5 heteroatoms. The highest BCUT2D eigenvalue weighted by atomic mass is 16.6. The first-order chi connectivity index (χ1) is 7.33. The Morgan fingerprint density at radius 1 is 1.44 bits per heavy atom. The molecule has 1 aromatic carbocycles. The third-order valence-corrected chi connectivity index (χ3v) is 1.89. The minimum atomic E-state index is -0.444. The van der Waals surface area contributed by atoms with E-state index < -0.39 is 4.92 Å². The molecule has 0 fully saturated rings. The molecule has 0 saturated heterocycles. The van der Waals surface area contributed by atoms with E-state index >= 15 is 0 Å². The van der Waals surface area contributed by atoms with Crippen LogP contribution in [0.5, 0.6) is 5.75 Å². The lowest BCUT2D eigenvalue weighted by Gasteiger charge is -2.23. The molecule has 84 valence electrons. The van der Waals surface area contributed by atoms with Crippen LogP contribution < -0.4 is 4.74 Å². The van der Waals surface area contributed by atoms with Gasteiger partial charge in [-0.05, 0) is 32.4 Å². The molecule has 0 spiro atoms. The number of rotatable bonds is 3. The Morgan fingerprint density at radius 2 is 2.06 bits per heavy atom. The number of non-ortho nitro benzene ring substituents is 1. The molecule has 0 saturated carbocycles. The molecule has 16 heavy (non-hydrogen) atoms. The Labute approximate surface area is 96.2 Å². The SMILES string of the molecule is [B]Cc1cc([N+](=O)[O-])ccc1OC(C)(C)C. The summed E-state index contributed by atoms with van der Waals surface area (Å²) in [7, 11) is 5.54. The lowest BCUT2D eigenvalue weighted by molar-refractivity contribution is -0.384. The number of nitro benzene ring substituents is 1. The Morgan fingerprint density at radius 3 is 2.50 bits per heavy atom. The van der Waals surface area contributed by atoms with Crippen molar-refractivity contribution in [3.63, 3.8) is 0 Å². The number of ether oxygens (including phenoxy) is 1. The minimum absolute atomic E-state index is 0.0294. The maximum absolute atomic E-state index is 10.6. The van der Waals surface area contributed by atoms with Gasteiger partial charge in [0.2, 0.25) is 0 Å². The van der Waals surface area contributed by atoms with Gasteiger partial charge in [0.15, 0.2) is 0 Å². The van der Waals surface area contributed by atoms with E-state index in [1.807, 2.05) is 20.8 Å². The average Bonchev–Trinajstić information content (AvgIpc) is 2.15. The van der Waals surface area contributed by atoms with E-state index in [2.05, 4.69) is 0 Å². The summed E-state index contributed by atoms with van der Waals surface area (Å²) < 4.78 is 5.66. The second kappa shape index (κ2) is 4.55. The van der Waals surface area contributed by atoms with Crippen LogP contribution in [0.1, 0.15) is 26.3 Å². The largest absolute Gasteiger partial charge is 0.488 e. The highest BCUT2D eigenvalue weighted by Crippen LogP contribution is 2.27. The fraction of sp³-hybridized carbons (Fsp3) is 0.455. The molecule has 0 aliphatic carbocycles. The average molecular weight is 219 g/mol. The summed E-state index contributed by atoms with van der Waals surface area (Å²) in [4.78, 5) is 10.1. The molecule has 0 amide bonds. The van der Waals surface area contributed by atoms with Crippen molar-refractivity contribution in [2.45, 2.75) is 32.7 Å². The second-order valence-electron chi connectivity index (χ2n) is 4.47. The molecule has 0 aromatic heterocycles. The highest BCUT2D eigenvalue weighted by molar-refractivity contribution is 6.08. The predicted octanol–water partition coefficient (Wildman–Crippen LogP) is 2.44. The van der Waals surface area contributed by atoms with Crippen LogP contribution in [0.2, 0.25) is 0 Å². The Hall–Kier alpha value is -1.52. The van der Waals surface area contributed by atoms with Gasteiger partial charge in [-0.25, -0.2) is 0 Å². The van der Waals surface area contributed by atoms with Crippen molar-refractivity contribution < 1.29 is 9.66 Å². The predicted molar refractivity (Wildman–Crippen MR) is 62.9 cm³/mol. The van der Waals surface area contributed by atoms with Crippen LogP contribution in [0, 0.1) is 10.1 Å². The zero-order chi connectivity index (χ0) is 12.3. The van der Waals surface area contributed by atoms with E-state index in [1.165, 1.54) is 12.1 Å². The number of hydrogen-bond acceptors (Lipinski definition) is 3. The van der Waals surface area contributed by atoms with Crippen molar-refractivity contribution in [2.75, 3.05) is 0 Å². The summed E-state index contributed by atoms with van der Waals surface area (Å²) in [6.45, 7) is 5.73. The standard InChI is InChI=1S/C11H14BNO3/c1-11(2,3)16-10-5-4-9(13(14)15)6-8(10)7-12/h4-6H,7H2,1-3H3. The number of benzene rings is 1. The summed E-state index contributed by atoms with van der Waals surface area (Å²) in [6.07, 6.45) is 0.215. The maximum atomic E-state index is 10.6. The fourth-order valence-electron chi connectivity index (χ4n) is 1.27. The Kier molecular flexibility index (Phi) is 3.57. The van der Waals surface area contributed by atoms with Gasteiger partial charge in [0, 0.05) is 12.1 Å². The molecule has 0 unspecified atom stereocenters. The van der Waals surface area contributed by atoms with Crippen molar-refractivity contribution in [3.05, 3.63) is 33.9 Å². The topological polar surface area (TPSA) is 52.4 Å². The van der Waals surface area contributed by atoms with Gasteiger partial charge in [-0.2, -0.15) is 0 Å². The van der Waals surface area contributed by atoms with Gasteiger partial charge < -0.3 is 4.74 Å². The van der Waals surface area contributed by atoms with Crippen LogP contribution in [0.25, 0.3) is 0 Å². The molecule has 1 aromatic rings. The van der Waals surface area contributed by atoms with Gasteiger partial charge in [-0.1, -0.05) is 6.32 Å². The molecule has 2 radical (unpaired) electrons. The van der Waals surface area contributed by atoms with Crippen LogP contribution in [0.4, 0.5) is 5.69 Å². The smallest absolute Gasteiger partial charge is 0.269 e. The number of hydrogen-bond donors (Lipinski definition) is 0. The molecule has 0 aliphatic heterocycles. The Balaban J connectivity index is 3.07. The van der Waals surface area contributed by atoms with Crippen LogP contribution in [0.3, 0.4) is 0 Å². The molecule has 0 atom stereocenters. The van der Waals surface area contributed by atoms with Gasteiger partial charge in [0.25, 0.3) is 5.69 Å². The summed E-state index contributed by atoms with van der Waals surface area (Å²) >= 11 is 0. The van der Waals surface area contributed by atoms with Gasteiger partial charge in [-0.3, -0.25) is 10.1 Å². The van der Waals surface area contributed by atoms with Crippen LogP contribution in [-0.4, -0.2) is 18.4 Å². The minimum Gasteiger partial charge on any atom is -0.488 e. The quantitative estimate of drug-likeness (QED) is 0.445.